The maximum Gasteiger partial charge on any atom is 0.237 e. The third kappa shape index (κ3) is 2.90. The van der Waals surface area contributed by atoms with Gasteiger partial charge in [-0.1, -0.05) is 36.4 Å². The first kappa shape index (κ1) is 15.1. The summed E-state index contributed by atoms with van der Waals surface area (Å²) < 4.78 is 5.12. The van der Waals surface area contributed by atoms with Crippen LogP contribution < -0.4 is 10.5 Å². The summed E-state index contributed by atoms with van der Waals surface area (Å²) in [5, 5.41) is 0. The Balaban J connectivity index is 1.84. The SMILES string of the molecule is COc1ccc(C2CC(=O)N(Cc3ccccc3)C2=O)c(N)c1. The first-order valence-electron chi connectivity index (χ1n) is 7.41. The van der Waals surface area contributed by atoms with Gasteiger partial charge >= 0.3 is 0 Å². The van der Waals surface area contributed by atoms with Gasteiger partial charge in [0.1, 0.15) is 5.75 Å². The molecule has 0 saturated carbocycles. The van der Waals surface area contributed by atoms with Crippen LogP contribution in [0, 0.1) is 0 Å². The lowest BCUT2D eigenvalue weighted by Crippen LogP contribution is -2.29. The van der Waals surface area contributed by atoms with E-state index in [0.29, 0.717) is 23.5 Å². The summed E-state index contributed by atoms with van der Waals surface area (Å²) in [4.78, 5) is 26.2. The molecule has 1 heterocycles. The molecule has 23 heavy (non-hydrogen) atoms. The normalized spacial score (nSPS) is 17.6. The van der Waals surface area contributed by atoms with Gasteiger partial charge in [-0.3, -0.25) is 14.5 Å². The lowest BCUT2D eigenvalue weighted by atomic mass is 9.96. The molecule has 0 spiro atoms. The summed E-state index contributed by atoms with van der Waals surface area (Å²) in [5.74, 6) is -0.254. The predicted molar refractivity (Wildman–Crippen MR) is 86.8 cm³/mol. The van der Waals surface area contributed by atoms with E-state index in [1.807, 2.05) is 30.3 Å². The van der Waals surface area contributed by atoms with Gasteiger partial charge in [0.05, 0.1) is 19.6 Å². The van der Waals surface area contributed by atoms with Crippen molar-refractivity contribution >= 4 is 17.5 Å². The fraction of sp³-hybridized carbons (Fsp3) is 0.222. The number of nitrogens with two attached hydrogens (primary N) is 1. The number of anilines is 1. The van der Waals surface area contributed by atoms with Crippen molar-refractivity contribution in [2.24, 2.45) is 0 Å². The number of hydrogen-bond donors (Lipinski definition) is 1. The molecule has 1 atom stereocenters. The number of benzene rings is 2. The molecule has 118 valence electrons. The van der Waals surface area contributed by atoms with Crippen LogP contribution in [0.4, 0.5) is 5.69 Å². The lowest BCUT2D eigenvalue weighted by Gasteiger charge is -2.16. The number of ether oxygens (including phenoxy) is 1. The lowest BCUT2D eigenvalue weighted by molar-refractivity contribution is -0.139. The summed E-state index contributed by atoms with van der Waals surface area (Å²) in [7, 11) is 1.56. The van der Waals surface area contributed by atoms with Gasteiger partial charge in [-0.15, -0.1) is 0 Å². The maximum atomic E-state index is 12.6. The highest BCUT2D eigenvalue weighted by molar-refractivity contribution is 6.06. The Morgan fingerprint density at radius 1 is 1.17 bits per heavy atom. The predicted octanol–water partition coefficient (Wildman–Crippen LogP) is 2.32. The Kier molecular flexibility index (Phi) is 4.02. The van der Waals surface area contributed by atoms with Crippen LogP contribution >= 0.6 is 0 Å². The van der Waals surface area contributed by atoms with Gasteiger partial charge in [-0.25, -0.2) is 0 Å². The van der Waals surface area contributed by atoms with E-state index in [-0.39, 0.29) is 18.2 Å². The zero-order valence-electron chi connectivity index (χ0n) is 12.9. The van der Waals surface area contributed by atoms with Gasteiger partial charge in [0.15, 0.2) is 0 Å². The number of carbonyl (C=O) groups is 2. The molecule has 1 aliphatic rings. The number of imide groups is 1. The highest BCUT2D eigenvalue weighted by Crippen LogP contribution is 2.35. The van der Waals surface area contributed by atoms with Crippen LogP contribution in [0.3, 0.4) is 0 Å². The fourth-order valence-electron chi connectivity index (χ4n) is 2.86. The van der Waals surface area contributed by atoms with E-state index >= 15 is 0 Å². The average Bonchev–Trinajstić information content (AvgIpc) is 2.84. The molecule has 1 fully saturated rings. The van der Waals surface area contributed by atoms with Crippen molar-refractivity contribution in [2.75, 3.05) is 12.8 Å². The molecular formula is C18H18N2O3. The average molecular weight is 310 g/mol. The first-order valence-corrected chi connectivity index (χ1v) is 7.41. The number of amides is 2. The van der Waals surface area contributed by atoms with Crippen molar-refractivity contribution in [3.8, 4) is 5.75 Å². The van der Waals surface area contributed by atoms with E-state index in [4.69, 9.17) is 10.5 Å². The number of carbonyl (C=O) groups excluding carboxylic acids is 2. The van der Waals surface area contributed by atoms with Gasteiger partial charge in [0.2, 0.25) is 11.8 Å². The van der Waals surface area contributed by atoms with Gasteiger partial charge in [-0.2, -0.15) is 0 Å². The third-order valence-corrected chi connectivity index (χ3v) is 4.10. The zero-order valence-corrected chi connectivity index (χ0v) is 12.9. The maximum absolute atomic E-state index is 12.6. The second-order valence-corrected chi connectivity index (χ2v) is 5.56. The highest BCUT2D eigenvalue weighted by atomic mass is 16.5. The molecule has 2 aromatic carbocycles. The van der Waals surface area contributed by atoms with E-state index in [2.05, 4.69) is 0 Å². The molecule has 3 rings (SSSR count). The van der Waals surface area contributed by atoms with E-state index in [1.54, 1.807) is 25.3 Å². The number of nitrogens with zero attached hydrogens (tertiary/aromatic N) is 1. The summed E-state index contributed by atoms with van der Waals surface area (Å²) in [5.41, 5.74) is 8.10. The smallest absolute Gasteiger partial charge is 0.237 e. The van der Waals surface area contributed by atoms with Crippen molar-refractivity contribution in [3.05, 3.63) is 59.7 Å². The molecule has 5 heteroatoms. The molecular weight excluding hydrogens is 292 g/mol. The highest BCUT2D eigenvalue weighted by Gasteiger charge is 2.40. The molecule has 0 radical (unpaired) electrons. The van der Waals surface area contributed by atoms with Gasteiger partial charge in [-0.05, 0) is 17.2 Å². The Labute approximate surface area is 134 Å². The molecule has 2 amide bonds. The van der Waals surface area contributed by atoms with Crippen LogP contribution in [0.2, 0.25) is 0 Å². The summed E-state index contributed by atoms with van der Waals surface area (Å²) in [6, 6.07) is 14.7. The minimum Gasteiger partial charge on any atom is -0.497 e. The van der Waals surface area contributed by atoms with Crippen LogP contribution in [0.1, 0.15) is 23.5 Å². The number of hydrogen-bond acceptors (Lipinski definition) is 4. The Bertz CT molecular complexity index is 743. The third-order valence-electron chi connectivity index (χ3n) is 4.10. The van der Waals surface area contributed by atoms with Crippen LogP contribution in [-0.4, -0.2) is 23.8 Å². The van der Waals surface area contributed by atoms with Crippen LogP contribution in [0.5, 0.6) is 5.75 Å². The fourth-order valence-corrected chi connectivity index (χ4v) is 2.86. The Morgan fingerprint density at radius 3 is 2.57 bits per heavy atom. The van der Waals surface area contributed by atoms with E-state index < -0.39 is 5.92 Å². The molecule has 1 aliphatic heterocycles. The standard InChI is InChI=1S/C18H18N2O3/c1-23-13-7-8-14(16(19)9-13)15-10-17(21)20(18(15)22)11-12-5-3-2-4-6-12/h2-9,15H,10-11,19H2,1H3. The molecule has 1 unspecified atom stereocenters. The van der Waals surface area contributed by atoms with Crippen LogP contribution in [0.25, 0.3) is 0 Å². The second kappa shape index (κ2) is 6.12. The monoisotopic (exact) mass is 310 g/mol. The van der Waals surface area contributed by atoms with Crippen molar-refractivity contribution in [1.29, 1.82) is 0 Å². The van der Waals surface area contributed by atoms with E-state index in [0.717, 1.165) is 5.56 Å². The quantitative estimate of drug-likeness (QED) is 0.695. The Hall–Kier alpha value is -2.82. The summed E-state index contributed by atoms with van der Waals surface area (Å²) >= 11 is 0. The molecule has 0 bridgehead atoms. The molecule has 0 aliphatic carbocycles. The minimum atomic E-state index is -0.517. The second-order valence-electron chi connectivity index (χ2n) is 5.56. The van der Waals surface area contributed by atoms with E-state index in [9.17, 15) is 9.59 Å². The number of rotatable bonds is 4. The van der Waals surface area contributed by atoms with Gasteiger partial charge < -0.3 is 10.5 Å². The van der Waals surface area contributed by atoms with Crippen molar-refractivity contribution in [1.82, 2.24) is 4.90 Å². The van der Waals surface area contributed by atoms with Gasteiger partial charge in [0.25, 0.3) is 0 Å². The van der Waals surface area contributed by atoms with Crippen molar-refractivity contribution < 1.29 is 14.3 Å². The summed E-state index contributed by atoms with van der Waals surface area (Å²) in [6.45, 7) is 0.297. The number of nitrogen functional groups attached to an aromatic ring is 1. The minimum absolute atomic E-state index is 0.155. The summed E-state index contributed by atoms with van der Waals surface area (Å²) in [6.07, 6.45) is 0.155. The molecule has 1 saturated heterocycles. The van der Waals surface area contributed by atoms with Crippen LogP contribution in [-0.2, 0) is 16.1 Å². The largest absolute Gasteiger partial charge is 0.497 e. The van der Waals surface area contributed by atoms with Crippen LogP contribution in [0.15, 0.2) is 48.5 Å². The van der Waals surface area contributed by atoms with Gasteiger partial charge in [0, 0.05) is 18.2 Å². The first-order chi connectivity index (χ1) is 11.1. The molecule has 5 nitrogen and oxygen atoms in total. The van der Waals surface area contributed by atoms with Crippen molar-refractivity contribution in [2.45, 2.75) is 18.9 Å². The Morgan fingerprint density at radius 2 is 1.91 bits per heavy atom. The molecule has 0 aromatic heterocycles. The molecule has 2 aromatic rings. The number of likely N-dealkylation sites (tertiary alicyclic amines) is 1. The topological polar surface area (TPSA) is 72.6 Å². The number of methoxy groups -OCH3 is 1. The molecule has 2 N–H and O–H groups in total. The van der Waals surface area contributed by atoms with Crippen molar-refractivity contribution in [3.63, 3.8) is 0 Å². The van der Waals surface area contributed by atoms with E-state index in [1.165, 1.54) is 4.90 Å². The zero-order chi connectivity index (χ0) is 16.4.